The lowest BCUT2D eigenvalue weighted by molar-refractivity contribution is -0.128. The molecule has 5 nitrogen and oxygen atoms in total. The van der Waals surface area contributed by atoms with Crippen LogP contribution >= 0.6 is 0 Å². The Bertz CT molecular complexity index is 1010. The molecule has 1 saturated heterocycles. The number of aromatic nitrogens is 1. The molecule has 0 atom stereocenters. The first-order chi connectivity index (χ1) is 12.8. The molecule has 6 heteroatoms. The minimum absolute atomic E-state index is 0.0443. The second kappa shape index (κ2) is 5.94. The zero-order valence-electron chi connectivity index (χ0n) is 15.0. The number of rotatable bonds is 2. The Balaban J connectivity index is 1.85. The summed E-state index contributed by atoms with van der Waals surface area (Å²) in [6, 6.07) is 9.36. The Morgan fingerprint density at radius 1 is 1.19 bits per heavy atom. The van der Waals surface area contributed by atoms with Crippen molar-refractivity contribution in [3.63, 3.8) is 0 Å². The molecule has 0 radical (unpaired) electrons. The molecule has 0 unspecified atom stereocenters. The predicted molar refractivity (Wildman–Crippen MR) is 98.2 cm³/mol. The van der Waals surface area contributed by atoms with E-state index in [0.717, 1.165) is 5.56 Å². The van der Waals surface area contributed by atoms with Gasteiger partial charge in [-0.25, -0.2) is 4.39 Å². The lowest BCUT2D eigenvalue weighted by Crippen LogP contribution is -2.41. The number of allylic oxidation sites excluding steroid dienone is 1. The van der Waals surface area contributed by atoms with Crippen LogP contribution in [0.4, 0.5) is 4.39 Å². The van der Waals surface area contributed by atoms with Crippen molar-refractivity contribution in [3.8, 4) is 0 Å². The molecule has 1 aliphatic carbocycles. The summed E-state index contributed by atoms with van der Waals surface area (Å²) in [4.78, 5) is 19.0. The quantitative estimate of drug-likeness (QED) is 0.850. The molecular weight excluding hydrogens is 347 g/mol. The van der Waals surface area contributed by atoms with Crippen molar-refractivity contribution in [1.29, 1.82) is 0 Å². The van der Waals surface area contributed by atoms with Crippen molar-refractivity contribution < 1.29 is 19.4 Å². The number of likely N-dealkylation sites (tertiary alicyclic amines) is 1. The van der Waals surface area contributed by atoms with Crippen molar-refractivity contribution >= 4 is 11.7 Å². The topological polar surface area (TPSA) is 73.7 Å². The van der Waals surface area contributed by atoms with Gasteiger partial charge in [-0.2, -0.15) is 0 Å². The van der Waals surface area contributed by atoms with Crippen LogP contribution in [0.1, 0.15) is 30.7 Å². The van der Waals surface area contributed by atoms with E-state index < -0.39 is 5.54 Å². The third kappa shape index (κ3) is 2.60. The maximum Gasteiger partial charge on any atom is 0.258 e. The van der Waals surface area contributed by atoms with Gasteiger partial charge in [-0.3, -0.25) is 9.78 Å². The molecule has 0 saturated carbocycles. The average molecular weight is 366 g/mol. The first-order valence-electron chi connectivity index (χ1n) is 8.67. The molecule has 0 spiro atoms. The smallest absolute Gasteiger partial charge is 0.258 e. The lowest BCUT2D eigenvalue weighted by Gasteiger charge is -2.32. The van der Waals surface area contributed by atoms with Gasteiger partial charge in [0.25, 0.3) is 5.91 Å². The second-order valence-corrected chi connectivity index (χ2v) is 7.30. The van der Waals surface area contributed by atoms with E-state index in [4.69, 9.17) is 0 Å². The Hall–Kier alpha value is -3.15. The van der Waals surface area contributed by atoms with Crippen LogP contribution in [-0.2, 0) is 17.8 Å². The summed E-state index contributed by atoms with van der Waals surface area (Å²) in [7, 11) is 0. The van der Waals surface area contributed by atoms with Crippen LogP contribution in [0.3, 0.4) is 0 Å². The molecule has 2 aromatic rings. The van der Waals surface area contributed by atoms with Gasteiger partial charge in [0.2, 0.25) is 0 Å². The Labute approximate surface area is 156 Å². The highest BCUT2D eigenvalue weighted by molar-refractivity contribution is 6.06. The SMILES string of the molecule is CC1(C)C2=C(O)c3cccnc3CC(O)=C2C(=O)N1Cc1ccc(F)cc1. The second-order valence-electron chi connectivity index (χ2n) is 7.30. The number of pyridine rings is 1. The van der Waals surface area contributed by atoms with Crippen molar-refractivity contribution in [3.05, 3.63) is 82.1 Å². The van der Waals surface area contributed by atoms with Gasteiger partial charge < -0.3 is 15.1 Å². The highest BCUT2D eigenvalue weighted by atomic mass is 19.1. The number of benzene rings is 1. The fourth-order valence-electron chi connectivity index (χ4n) is 3.83. The first kappa shape index (κ1) is 17.3. The van der Waals surface area contributed by atoms with E-state index in [2.05, 4.69) is 4.98 Å². The molecule has 1 aromatic heterocycles. The number of nitrogens with zero attached hydrogens (tertiary/aromatic N) is 2. The summed E-state index contributed by atoms with van der Waals surface area (Å²) in [5, 5.41) is 21.6. The van der Waals surface area contributed by atoms with Gasteiger partial charge in [-0.1, -0.05) is 12.1 Å². The molecule has 1 aliphatic heterocycles. The van der Waals surface area contributed by atoms with Crippen LogP contribution in [-0.4, -0.2) is 31.5 Å². The molecule has 2 aliphatic rings. The first-order valence-corrected chi connectivity index (χ1v) is 8.67. The van der Waals surface area contributed by atoms with Crippen LogP contribution in [0.15, 0.2) is 59.5 Å². The lowest BCUT2D eigenvalue weighted by atomic mass is 9.89. The van der Waals surface area contributed by atoms with Crippen LogP contribution in [0, 0.1) is 5.82 Å². The third-order valence-electron chi connectivity index (χ3n) is 5.26. The highest BCUT2D eigenvalue weighted by Crippen LogP contribution is 2.46. The van der Waals surface area contributed by atoms with Crippen LogP contribution in [0.2, 0.25) is 0 Å². The van der Waals surface area contributed by atoms with Crippen LogP contribution in [0.5, 0.6) is 0 Å². The van der Waals surface area contributed by atoms with Crippen molar-refractivity contribution in [2.24, 2.45) is 0 Å². The third-order valence-corrected chi connectivity index (χ3v) is 5.26. The van der Waals surface area contributed by atoms with Crippen LogP contribution in [0.25, 0.3) is 5.76 Å². The van der Waals surface area contributed by atoms with E-state index in [9.17, 15) is 19.4 Å². The monoisotopic (exact) mass is 366 g/mol. The summed E-state index contributed by atoms with van der Waals surface area (Å²) in [6.07, 6.45) is 1.66. The molecule has 27 heavy (non-hydrogen) atoms. The number of aliphatic hydroxyl groups is 2. The highest BCUT2D eigenvalue weighted by Gasteiger charge is 2.50. The number of fused-ring (bicyclic) bond motifs is 2. The van der Waals surface area contributed by atoms with Gasteiger partial charge in [-0.15, -0.1) is 0 Å². The summed E-state index contributed by atoms with van der Waals surface area (Å²) in [6.45, 7) is 3.88. The van der Waals surface area contributed by atoms with Gasteiger partial charge in [-0.05, 0) is 43.7 Å². The maximum absolute atomic E-state index is 13.2. The van der Waals surface area contributed by atoms with E-state index in [1.165, 1.54) is 12.1 Å². The average Bonchev–Trinajstić information content (AvgIpc) is 2.75. The van der Waals surface area contributed by atoms with Crippen LogP contribution < -0.4 is 0 Å². The maximum atomic E-state index is 13.2. The molecule has 4 rings (SSSR count). The minimum Gasteiger partial charge on any atom is -0.511 e. The Morgan fingerprint density at radius 2 is 1.89 bits per heavy atom. The van der Waals surface area contributed by atoms with Crippen molar-refractivity contribution in [2.75, 3.05) is 0 Å². The normalized spacial score (nSPS) is 18.5. The van der Waals surface area contributed by atoms with E-state index in [0.29, 0.717) is 16.8 Å². The zero-order chi connectivity index (χ0) is 19.3. The van der Waals surface area contributed by atoms with E-state index >= 15 is 0 Å². The van der Waals surface area contributed by atoms with Gasteiger partial charge in [0.05, 0.1) is 16.8 Å². The molecular formula is C21H19FN2O3. The summed E-state index contributed by atoms with van der Waals surface area (Å²) in [5.41, 5.74) is 1.44. The van der Waals surface area contributed by atoms with E-state index in [-0.39, 0.29) is 41.8 Å². The largest absolute Gasteiger partial charge is 0.511 e. The standard InChI is InChI=1S/C21H19FN2O3/c1-21(2)18-17(16(25)10-15-14(19(18)26)4-3-9-23-15)20(27)24(21)11-12-5-7-13(22)8-6-12/h3-9,25-26H,10-11H2,1-2H3. The number of hydrogen-bond acceptors (Lipinski definition) is 4. The van der Waals surface area contributed by atoms with Gasteiger partial charge in [0.15, 0.2) is 0 Å². The number of amides is 1. The molecule has 2 heterocycles. The Morgan fingerprint density at radius 3 is 2.59 bits per heavy atom. The summed E-state index contributed by atoms with van der Waals surface area (Å²) in [5.74, 6) is -0.859. The number of aliphatic hydroxyl groups excluding tert-OH is 2. The fraction of sp³-hybridized carbons (Fsp3) is 0.238. The molecule has 1 fully saturated rings. The van der Waals surface area contributed by atoms with E-state index in [1.54, 1.807) is 35.4 Å². The molecule has 2 N–H and O–H groups in total. The molecule has 1 aromatic carbocycles. The van der Waals surface area contributed by atoms with Crippen molar-refractivity contribution in [2.45, 2.75) is 32.4 Å². The van der Waals surface area contributed by atoms with Gasteiger partial charge >= 0.3 is 0 Å². The fourth-order valence-corrected chi connectivity index (χ4v) is 3.83. The summed E-state index contributed by atoms with van der Waals surface area (Å²) >= 11 is 0. The number of carbonyl (C=O) groups excluding carboxylic acids is 1. The van der Waals surface area contributed by atoms with Gasteiger partial charge in [0, 0.05) is 30.3 Å². The molecule has 1 amide bonds. The number of halogens is 1. The minimum atomic E-state index is -0.865. The molecule has 138 valence electrons. The Kier molecular flexibility index (Phi) is 3.80. The predicted octanol–water partition coefficient (Wildman–Crippen LogP) is 3.68. The van der Waals surface area contributed by atoms with Crippen molar-refractivity contribution in [1.82, 2.24) is 9.88 Å². The van der Waals surface area contributed by atoms with E-state index in [1.807, 2.05) is 13.8 Å². The summed E-state index contributed by atoms with van der Waals surface area (Å²) < 4.78 is 13.2. The number of hydrogen-bond donors (Lipinski definition) is 2. The van der Waals surface area contributed by atoms with Gasteiger partial charge in [0.1, 0.15) is 17.3 Å². The molecule has 0 bridgehead atoms. The zero-order valence-corrected chi connectivity index (χ0v) is 15.0. The number of carbonyl (C=O) groups is 1.